The molecule has 1 aromatic carbocycles. The van der Waals surface area contributed by atoms with E-state index in [0.29, 0.717) is 31.2 Å². The van der Waals surface area contributed by atoms with E-state index in [1.807, 2.05) is 36.4 Å². The molecule has 2 heterocycles. The Bertz CT molecular complexity index is 783. The van der Waals surface area contributed by atoms with Crippen molar-refractivity contribution in [3.63, 3.8) is 0 Å². The largest absolute Gasteiger partial charge is 0.445 e. The Morgan fingerprint density at radius 1 is 1.22 bits per heavy atom. The molecule has 6 nitrogen and oxygen atoms in total. The van der Waals surface area contributed by atoms with Gasteiger partial charge in [-0.1, -0.05) is 48.0 Å². The molecule has 0 spiro atoms. The standard InChI is InChI=1S/C20H22ClN3O3/c1-23(12-16-7-8-18(21)22-11-16)19(25)17-9-10-24(13-17)20(26)27-14-15-5-3-2-4-6-15/h2-8,11,17H,9-10,12-14H2,1H3. The summed E-state index contributed by atoms with van der Waals surface area (Å²) in [6, 6.07) is 13.1. The van der Waals surface area contributed by atoms with Crippen LogP contribution in [0.25, 0.3) is 0 Å². The SMILES string of the molecule is CN(Cc1ccc(Cl)nc1)C(=O)C1CCN(C(=O)OCc2ccccc2)C1. The van der Waals surface area contributed by atoms with Gasteiger partial charge in [-0.2, -0.15) is 0 Å². The molecule has 3 rings (SSSR count). The highest BCUT2D eigenvalue weighted by Crippen LogP contribution is 2.20. The molecular formula is C20H22ClN3O3. The zero-order valence-electron chi connectivity index (χ0n) is 15.2. The first-order chi connectivity index (χ1) is 13.0. The van der Waals surface area contributed by atoms with Crippen molar-refractivity contribution in [1.29, 1.82) is 0 Å². The van der Waals surface area contributed by atoms with Crippen LogP contribution in [-0.2, 0) is 22.7 Å². The highest BCUT2D eigenvalue weighted by atomic mass is 35.5. The van der Waals surface area contributed by atoms with Crippen LogP contribution in [0, 0.1) is 5.92 Å². The summed E-state index contributed by atoms with van der Waals surface area (Å²) in [5, 5.41) is 0.424. The summed E-state index contributed by atoms with van der Waals surface area (Å²) < 4.78 is 5.35. The molecule has 1 aromatic heterocycles. The van der Waals surface area contributed by atoms with Gasteiger partial charge in [0.1, 0.15) is 11.8 Å². The van der Waals surface area contributed by atoms with Crippen molar-refractivity contribution in [2.24, 2.45) is 5.92 Å². The van der Waals surface area contributed by atoms with Crippen LogP contribution in [-0.4, -0.2) is 46.9 Å². The van der Waals surface area contributed by atoms with E-state index in [9.17, 15) is 9.59 Å². The number of likely N-dealkylation sites (tertiary alicyclic amines) is 1. The van der Waals surface area contributed by atoms with Gasteiger partial charge in [0.15, 0.2) is 0 Å². The topological polar surface area (TPSA) is 62.7 Å². The molecule has 0 bridgehead atoms. The summed E-state index contributed by atoms with van der Waals surface area (Å²) in [5.74, 6) is -0.192. The van der Waals surface area contributed by atoms with Gasteiger partial charge in [-0.3, -0.25) is 4.79 Å². The zero-order chi connectivity index (χ0) is 19.2. The predicted molar refractivity (Wildman–Crippen MR) is 102 cm³/mol. The number of benzene rings is 1. The fourth-order valence-corrected chi connectivity index (χ4v) is 3.21. The molecule has 7 heteroatoms. The maximum Gasteiger partial charge on any atom is 0.410 e. The number of aromatic nitrogens is 1. The van der Waals surface area contributed by atoms with Crippen LogP contribution in [0.1, 0.15) is 17.5 Å². The molecule has 0 radical (unpaired) electrons. The van der Waals surface area contributed by atoms with Gasteiger partial charge in [-0.15, -0.1) is 0 Å². The van der Waals surface area contributed by atoms with E-state index in [2.05, 4.69) is 4.98 Å². The number of halogens is 1. The zero-order valence-corrected chi connectivity index (χ0v) is 15.9. The molecule has 1 aliphatic rings. The molecule has 142 valence electrons. The number of ether oxygens (including phenoxy) is 1. The van der Waals surface area contributed by atoms with Gasteiger partial charge in [0, 0.05) is 32.9 Å². The summed E-state index contributed by atoms with van der Waals surface area (Å²) in [4.78, 5) is 32.2. The summed E-state index contributed by atoms with van der Waals surface area (Å²) in [5.41, 5.74) is 1.85. The Balaban J connectivity index is 1.48. The molecule has 2 aromatic rings. The van der Waals surface area contributed by atoms with Gasteiger partial charge in [0.25, 0.3) is 0 Å². The van der Waals surface area contributed by atoms with E-state index >= 15 is 0 Å². The first-order valence-electron chi connectivity index (χ1n) is 8.84. The first-order valence-corrected chi connectivity index (χ1v) is 9.22. The number of carbonyl (C=O) groups is 2. The molecule has 1 unspecified atom stereocenters. The molecule has 1 atom stereocenters. The van der Waals surface area contributed by atoms with E-state index in [-0.39, 0.29) is 24.5 Å². The van der Waals surface area contributed by atoms with Crippen LogP contribution < -0.4 is 0 Å². The van der Waals surface area contributed by atoms with Crippen molar-refractivity contribution < 1.29 is 14.3 Å². The minimum atomic E-state index is -0.376. The van der Waals surface area contributed by atoms with Crippen molar-refractivity contribution in [2.45, 2.75) is 19.6 Å². The van der Waals surface area contributed by atoms with E-state index < -0.39 is 0 Å². The fourth-order valence-electron chi connectivity index (χ4n) is 3.10. The summed E-state index contributed by atoms with van der Waals surface area (Å²) >= 11 is 5.78. The van der Waals surface area contributed by atoms with E-state index in [0.717, 1.165) is 11.1 Å². The van der Waals surface area contributed by atoms with E-state index in [1.165, 1.54) is 0 Å². The highest BCUT2D eigenvalue weighted by molar-refractivity contribution is 6.29. The van der Waals surface area contributed by atoms with Crippen LogP contribution in [0.3, 0.4) is 0 Å². The van der Waals surface area contributed by atoms with Crippen molar-refractivity contribution in [3.8, 4) is 0 Å². The third-order valence-electron chi connectivity index (χ3n) is 4.59. The quantitative estimate of drug-likeness (QED) is 0.738. The van der Waals surface area contributed by atoms with Gasteiger partial charge in [-0.05, 0) is 23.6 Å². The molecule has 1 fully saturated rings. The monoisotopic (exact) mass is 387 g/mol. The highest BCUT2D eigenvalue weighted by Gasteiger charge is 2.33. The van der Waals surface area contributed by atoms with Crippen molar-refractivity contribution >= 4 is 23.6 Å². The lowest BCUT2D eigenvalue weighted by molar-refractivity contribution is -0.134. The third kappa shape index (κ3) is 5.20. The van der Waals surface area contributed by atoms with Gasteiger partial charge in [0.2, 0.25) is 5.91 Å². The Kier molecular flexibility index (Phi) is 6.29. The molecular weight excluding hydrogens is 366 g/mol. The number of hydrogen-bond donors (Lipinski definition) is 0. The van der Waals surface area contributed by atoms with Gasteiger partial charge >= 0.3 is 6.09 Å². The van der Waals surface area contributed by atoms with Crippen molar-refractivity contribution in [1.82, 2.24) is 14.8 Å². The van der Waals surface area contributed by atoms with Crippen molar-refractivity contribution in [3.05, 3.63) is 64.9 Å². The number of rotatable bonds is 5. The fraction of sp³-hybridized carbons (Fsp3) is 0.350. The first kappa shape index (κ1) is 19.2. The molecule has 2 amide bonds. The molecule has 1 saturated heterocycles. The minimum Gasteiger partial charge on any atom is -0.445 e. The van der Waals surface area contributed by atoms with Gasteiger partial charge < -0.3 is 14.5 Å². The van der Waals surface area contributed by atoms with Crippen LogP contribution in [0.5, 0.6) is 0 Å². The van der Waals surface area contributed by atoms with Crippen LogP contribution in [0.4, 0.5) is 4.79 Å². The van der Waals surface area contributed by atoms with Gasteiger partial charge in [0.05, 0.1) is 5.92 Å². The molecule has 0 saturated carbocycles. The lowest BCUT2D eigenvalue weighted by Crippen LogP contribution is -2.35. The Labute approximate surface area is 163 Å². The average Bonchev–Trinajstić information content (AvgIpc) is 3.18. The van der Waals surface area contributed by atoms with Crippen molar-refractivity contribution in [2.75, 3.05) is 20.1 Å². The van der Waals surface area contributed by atoms with E-state index in [1.54, 1.807) is 29.1 Å². The minimum absolute atomic E-state index is 0.0170. The van der Waals surface area contributed by atoms with Crippen LogP contribution in [0.2, 0.25) is 5.15 Å². The van der Waals surface area contributed by atoms with Crippen LogP contribution in [0.15, 0.2) is 48.7 Å². The second-order valence-electron chi connectivity index (χ2n) is 6.66. The van der Waals surface area contributed by atoms with Gasteiger partial charge in [-0.25, -0.2) is 9.78 Å². The number of nitrogens with zero attached hydrogens (tertiary/aromatic N) is 3. The normalized spacial score (nSPS) is 16.2. The molecule has 1 aliphatic heterocycles. The number of hydrogen-bond acceptors (Lipinski definition) is 4. The second kappa shape index (κ2) is 8.86. The summed E-state index contributed by atoms with van der Waals surface area (Å²) in [6.45, 7) is 1.60. The maximum absolute atomic E-state index is 12.7. The second-order valence-corrected chi connectivity index (χ2v) is 7.04. The lowest BCUT2D eigenvalue weighted by Gasteiger charge is -2.21. The Morgan fingerprint density at radius 2 is 2.00 bits per heavy atom. The maximum atomic E-state index is 12.7. The Morgan fingerprint density at radius 3 is 2.70 bits per heavy atom. The number of carbonyl (C=O) groups excluding carboxylic acids is 2. The predicted octanol–water partition coefficient (Wildman–Crippen LogP) is 3.35. The number of pyridine rings is 1. The Hall–Kier alpha value is -2.60. The van der Waals surface area contributed by atoms with E-state index in [4.69, 9.17) is 16.3 Å². The number of amides is 2. The molecule has 27 heavy (non-hydrogen) atoms. The molecule has 0 N–H and O–H groups in total. The third-order valence-corrected chi connectivity index (χ3v) is 4.81. The molecule has 0 aliphatic carbocycles. The van der Waals surface area contributed by atoms with Crippen LogP contribution >= 0.6 is 11.6 Å². The summed E-state index contributed by atoms with van der Waals surface area (Å²) in [6.07, 6.45) is 1.93. The average molecular weight is 388 g/mol. The lowest BCUT2D eigenvalue weighted by atomic mass is 10.1. The summed E-state index contributed by atoms with van der Waals surface area (Å²) in [7, 11) is 1.76. The smallest absolute Gasteiger partial charge is 0.410 e.